The molecule has 0 unspecified atom stereocenters. The van der Waals surface area contributed by atoms with E-state index in [-0.39, 0.29) is 0 Å². The molecule has 0 saturated carbocycles. The Kier molecular flexibility index (Phi) is 6.85. The van der Waals surface area contributed by atoms with Crippen molar-refractivity contribution in [3.05, 3.63) is 175 Å². The van der Waals surface area contributed by atoms with E-state index in [1.54, 1.807) is 0 Å². The monoisotopic (exact) mass is 707 g/mol. The zero-order valence-corrected chi connectivity index (χ0v) is 30.7. The second kappa shape index (κ2) is 12.0. The van der Waals surface area contributed by atoms with Crippen molar-refractivity contribution in [1.82, 2.24) is 14.5 Å². The van der Waals surface area contributed by atoms with E-state index in [0.717, 1.165) is 39.1 Å². The van der Waals surface area contributed by atoms with Crippen LogP contribution in [0.1, 0.15) is 11.3 Å². The molecule has 3 nitrogen and oxygen atoms in total. The zero-order valence-electron chi connectivity index (χ0n) is 29.8. The molecule has 11 aromatic rings. The minimum absolute atomic E-state index is 0.679. The van der Waals surface area contributed by atoms with Crippen LogP contribution in [0.2, 0.25) is 0 Å². The van der Waals surface area contributed by atoms with E-state index < -0.39 is 0 Å². The van der Waals surface area contributed by atoms with E-state index in [9.17, 15) is 0 Å². The van der Waals surface area contributed by atoms with Crippen LogP contribution in [0, 0.1) is 13.8 Å². The van der Waals surface area contributed by atoms with Crippen molar-refractivity contribution in [2.24, 2.45) is 0 Å². The molecule has 254 valence electrons. The largest absolute Gasteiger partial charge is 0.276 e. The first kappa shape index (κ1) is 31.0. The van der Waals surface area contributed by atoms with E-state index >= 15 is 0 Å². The van der Waals surface area contributed by atoms with E-state index in [1.807, 2.05) is 11.3 Å². The lowest BCUT2D eigenvalue weighted by Crippen LogP contribution is -2.07. The van der Waals surface area contributed by atoms with Gasteiger partial charge in [0.05, 0.1) is 27.1 Å². The Morgan fingerprint density at radius 1 is 0.500 bits per heavy atom. The number of nitrogens with zero attached hydrogens (tertiary/aromatic N) is 3. The fourth-order valence-electron chi connectivity index (χ4n) is 8.57. The normalized spacial score (nSPS) is 11.9. The lowest BCUT2D eigenvalue weighted by molar-refractivity contribution is 0.972. The minimum Gasteiger partial charge on any atom is -0.276 e. The van der Waals surface area contributed by atoms with Gasteiger partial charge in [-0.1, -0.05) is 146 Å². The van der Waals surface area contributed by atoms with Crippen LogP contribution in [0.15, 0.2) is 164 Å². The topological polar surface area (TPSA) is 30.7 Å². The molecule has 54 heavy (non-hydrogen) atoms. The first-order valence-electron chi connectivity index (χ1n) is 18.4. The maximum absolute atomic E-state index is 5.60. The molecular formula is C50H33N3S. The molecule has 4 heteroatoms. The first-order chi connectivity index (χ1) is 26.6. The second-order valence-electron chi connectivity index (χ2n) is 14.2. The van der Waals surface area contributed by atoms with Crippen molar-refractivity contribution in [2.45, 2.75) is 13.8 Å². The van der Waals surface area contributed by atoms with Crippen LogP contribution in [-0.2, 0) is 0 Å². The van der Waals surface area contributed by atoms with Crippen molar-refractivity contribution in [3.8, 4) is 39.5 Å². The Morgan fingerprint density at radius 2 is 1.13 bits per heavy atom. The summed E-state index contributed by atoms with van der Waals surface area (Å²) in [6.45, 7) is 4.31. The Labute approximate surface area is 316 Å². The van der Waals surface area contributed by atoms with Gasteiger partial charge in [0.2, 0.25) is 5.95 Å². The minimum atomic E-state index is 0.679. The van der Waals surface area contributed by atoms with Gasteiger partial charge in [0.25, 0.3) is 0 Å². The predicted molar refractivity (Wildman–Crippen MR) is 230 cm³/mol. The number of hydrogen-bond donors (Lipinski definition) is 0. The van der Waals surface area contributed by atoms with Crippen LogP contribution in [0.4, 0.5) is 0 Å². The molecule has 0 aliphatic rings. The van der Waals surface area contributed by atoms with Crippen molar-refractivity contribution < 1.29 is 0 Å². The third-order valence-electron chi connectivity index (χ3n) is 11.1. The third kappa shape index (κ3) is 4.60. The van der Waals surface area contributed by atoms with E-state index in [0.29, 0.717) is 5.95 Å². The van der Waals surface area contributed by atoms with Crippen LogP contribution in [-0.4, -0.2) is 14.5 Å². The van der Waals surface area contributed by atoms with Crippen molar-refractivity contribution in [3.63, 3.8) is 0 Å². The number of rotatable bonds is 4. The Morgan fingerprint density at radius 3 is 1.94 bits per heavy atom. The van der Waals surface area contributed by atoms with Gasteiger partial charge in [0.1, 0.15) is 0 Å². The highest BCUT2D eigenvalue weighted by atomic mass is 32.1. The van der Waals surface area contributed by atoms with Crippen LogP contribution in [0.3, 0.4) is 0 Å². The molecule has 0 radical (unpaired) electrons. The van der Waals surface area contributed by atoms with Gasteiger partial charge in [0.15, 0.2) is 0 Å². The smallest absolute Gasteiger partial charge is 0.235 e. The fourth-order valence-corrected chi connectivity index (χ4v) is 9.82. The molecule has 0 atom stereocenters. The van der Waals surface area contributed by atoms with Gasteiger partial charge in [0, 0.05) is 37.4 Å². The van der Waals surface area contributed by atoms with Gasteiger partial charge in [-0.25, -0.2) is 9.97 Å². The highest BCUT2D eigenvalue weighted by Gasteiger charge is 2.25. The molecule has 0 amide bonds. The molecule has 3 aromatic heterocycles. The molecule has 0 saturated heterocycles. The SMILES string of the molecule is Cc1ccccc1-c1c(C)nc(-n2c3ccccc3c3c4ccccc4c4c5ccccc5sc4c32)nc1-c1ccc(-c2ccc3ccccc3c2)cc1. The maximum atomic E-state index is 5.60. The number of hydrogen-bond acceptors (Lipinski definition) is 3. The van der Waals surface area contributed by atoms with Crippen LogP contribution < -0.4 is 0 Å². The van der Waals surface area contributed by atoms with Crippen LogP contribution in [0.25, 0.3) is 103 Å². The average Bonchev–Trinajstić information content (AvgIpc) is 3.78. The van der Waals surface area contributed by atoms with Gasteiger partial charge in [-0.3, -0.25) is 4.57 Å². The second-order valence-corrected chi connectivity index (χ2v) is 15.3. The molecule has 0 fully saturated rings. The summed E-state index contributed by atoms with van der Waals surface area (Å²) < 4.78 is 4.86. The summed E-state index contributed by atoms with van der Waals surface area (Å²) in [6.07, 6.45) is 0. The summed E-state index contributed by atoms with van der Waals surface area (Å²) in [5.74, 6) is 0.679. The molecule has 0 bridgehead atoms. The van der Waals surface area contributed by atoms with Gasteiger partial charge < -0.3 is 0 Å². The molecule has 11 rings (SSSR count). The fraction of sp³-hybridized carbons (Fsp3) is 0.0400. The maximum Gasteiger partial charge on any atom is 0.235 e. The number of aromatic nitrogens is 3. The standard InChI is InChI=1S/C50H33N3S/c1-30-13-3-6-16-37(30)44-31(2)51-50(52-47(44)34-26-23-33(24-27-34)36-28-25-32-14-4-5-15-35(32)29-36)53-42-21-11-9-19-40(42)45-38-17-7-8-18-39(38)46-41-20-10-12-22-43(41)54-49(46)48(45)53/h3-29H,1-2H3. The summed E-state index contributed by atoms with van der Waals surface area (Å²) in [5, 5.41) is 10.0. The zero-order chi connectivity index (χ0) is 35.9. The quantitative estimate of drug-likeness (QED) is 0.182. The lowest BCUT2D eigenvalue weighted by Gasteiger charge is -2.17. The van der Waals surface area contributed by atoms with Gasteiger partial charge >= 0.3 is 0 Å². The van der Waals surface area contributed by atoms with Crippen molar-refractivity contribution >= 4 is 74.9 Å². The average molecular weight is 708 g/mol. The summed E-state index contributed by atoms with van der Waals surface area (Å²) >= 11 is 1.86. The first-order valence-corrected chi connectivity index (χ1v) is 19.2. The highest BCUT2D eigenvalue weighted by Crippen LogP contribution is 2.48. The number of para-hydroxylation sites is 1. The highest BCUT2D eigenvalue weighted by molar-refractivity contribution is 7.27. The molecule has 8 aromatic carbocycles. The Balaban J connectivity index is 1.21. The number of thiophene rings is 1. The van der Waals surface area contributed by atoms with Crippen LogP contribution >= 0.6 is 11.3 Å². The third-order valence-corrected chi connectivity index (χ3v) is 12.3. The van der Waals surface area contributed by atoms with E-state index in [1.165, 1.54) is 69.2 Å². The van der Waals surface area contributed by atoms with Gasteiger partial charge in [-0.05, 0) is 75.8 Å². The summed E-state index contributed by atoms with van der Waals surface area (Å²) in [5.41, 5.74) is 11.0. The molecule has 0 N–H and O–H groups in total. The number of benzene rings is 8. The molecular weight excluding hydrogens is 675 g/mol. The van der Waals surface area contributed by atoms with Crippen molar-refractivity contribution in [1.29, 1.82) is 0 Å². The summed E-state index contributed by atoms with van der Waals surface area (Å²) in [4.78, 5) is 11.0. The lowest BCUT2D eigenvalue weighted by atomic mass is 9.93. The van der Waals surface area contributed by atoms with Crippen LogP contribution in [0.5, 0.6) is 0 Å². The summed E-state index contributed by atoms with van der Waals surface area (Å²) in [7, 11) is 0. The van der Waals surface area contributed by atoms with E-state index in [4.69, 9.17) is 9.97 Å². The van der Waals surface area contributed by atoms with Gasteiger partial charge in [-0.15, -0.1) is 11.3 Å². The van der Waals surface area contributed by atoms with Gasteiger partial charge in [-0.2, -0.15) is 0 Å². The number of aryl methyl sites for hydroxylation is 2. The van der Waals surface area contributed by atoms with E-state index in [2.05, 4.69) is 182 Å². The Hall–Kier alpha value is -6.62. The molecule has 0 aliphatic heterocycles. The number of fused-ring (bicyclic) bond motifs is 11. The van der Waals surface area contributed by atoms with Crippen molar-refractivity contribution in [2.75, 3.05) is 0 Å². The Bertz CT molecular complexity index is 3290. The summed E-state index contributed by atoms with van der Waals surface area (Å²) in [6, 6.07) is 59.1. The molecule has 0 aliphatic carbocycles. The molecule has 0 spiro atoms. The molecule has 3 heterocycles. The predicted octanol–water partition coefficient (Wildman–Crippen LogP) is 13.9.